The van der Waals surface area contributed by atoms with Crippen molar-refractivity contribution in [2.75, 3.05) is 0 Å². The first-order valence-electron chi connectivity index (χ1n) is 4.87. The minimum Gasteiger partial charge on any atom is -0.346 e. The van der Waals surface area contributed by atoms with Gasteiger partial charge in [-0.1, -0.05) is 29.0 Å². The molecule has 1 aromatic carbocycles. The Kier molecular flexibility index (Phi) is 2.06. The van der Waals surface area contributed by atoms with E-state index in [0.29, 0.717) is 5.02 Å². The summed E-state index contributed by atoms with van der Waals surface area (Å²) < 4.78 is 0.0719. The first-order chi connectivity index (χ1) is 7.65. The van der Waals surface area contributed by atoms with Crippen molar-refractivity contribution in [2.45, 2.75) is 6.92 Å². The summed E-state index contributed by atoms with van der Waals surface area (Å²) >= 11 is 7.17. The highest BCUT2D eigenvalue weighted by atomic mass is 35.5. The van der Waals surface area contributed by atoms with Crippen LogP contribution in [0.25, 0.3) is 21.1 Å². The standard InChI is InChI=1S/C12H8ClNOS/c1-6-4-10(15)16-12-11(6)8-3-2-7(13)5-9(8)14-12/h2-5,14H,1H3. The van der Waals surface area contributed by atoms with E-state index in [0.717, 1.165) is 26.7 Å². The fourth-order valence-electron chi connectivity index (χ4n) is 1.99. The zero-order valence-electron chi connectivity index (χ0n) is 8.50. The minimum atomic E-state index is 0.0719. The first kappa shape index (κ1) is 9.87. The second-order valence-electron chi connectivity index (χ2n) is 3.77. The summed E-state index contributed by atoms with van der Waals surface area (Å²) in [6.07, 6.45) is 0. The van der Waals surface area contributed by atoms with Crippen LogP contribution < -0.4 is 4.74 Å². The lowest BCUT2D eigenvalue weighted by molar-refractivity contribution is 1.53. The summed E-state index contributed by atoms with van der Waals surface area (Å²) in [5, 5.41) is 2.94. The highest BCUT2D eigenvalue weighted by molar-refractivity contribution is 7.16. The van der Waals surface area contributed by atoms with Gasteiger partial charge in [0.15, 0.2) is 0 Å². The molecule has 0 aliphatic carbocycles. The van der Waals surface area contributed by atoms with Crippen LogP contribution >= 0.6 is 22.9 Å². The number of hydrogen-bond acceptors (Lipinski definition) is 2. The molecule has 16 heavy (non-hydrogen) atoms. The molecule has 3 aromatic rings. The Hall–Kier alpha value is -1.32. The third-order valence-corrected chi connectivity index (χ3v) is 3.72. The molecule has 0 atom stereocenters. The molecule has 0 unspecified atom stereocenters. The highest BCUT2D eigenvalue weighted by Crippen LogP contribution is 2.30. The number of aromatic nitrogens is 1. The number of hydrogen-bond donors (Lipinski definition) is 1. The van der Waals surface area contributed by atoms with Gasteiger partial charge in [0, 0.05) is 21.3 Å². The van der Waals surface area contributed by atoms with E-state index >= 15 is 0 Å². The summed E-state index contributed by atoms with van der Waals surface area (Å²) in [6, 6.07) is 7.41. The van der Waals surface area contributed by atoms with Crippen molar-refractivity contribution in [3.8, 4) is 0 Å². The largest absolute Gasteiger partial charge is 0.346 e. The van der Waals surface area contributed by atoms with Crippen LogP contribution in [0.1, 0.15) is 5.56 Å². The van der Waals surface area contributed by atoms with Crippen molar-refractivity contribution in [3.63, 3.8) is 0 Å². The average Bonchev–Trinajstić information content (AvgIpc) is 2.54. The van der Waals surface area contributed by atoms with Crippen molar-refractivity contribution >= 4 is 44.1 Å². The van der Waals surface area contributed by atoms with E-state index in [-0.39, 0.29) is 4.74 Å². The molecule has 0 fully saturated rings. The maximum atomic E-state index is 11.4. The topological polar surface area (TPSA) is 32.9 Å². The number of fused-ring (bicyclic) bond motifs is 3. The first-order valence-corrected chi connectivity index (χ1v) is 6.06. The number of benzene rings is 1. The third kappa shape index (κ3) is 1.36. The maximum absolute atomic E-state index is 11.4. The average molecular weight is 250 g/mol. The smallest absolute Gasteiger partial charge is 0.234 e. The molecule has 0 aliphatic heterocycles. The molecule has 80 valence electrons. The van der Waals surface area contributed by atoms with Crippen LogP contribution in [0.15, 0.2) is 29.1 Å². The summed E-state index contributed by atoms with van der Waals surface area (Å²) in [5.41, 5.74) is 1.99. The molecule has 0 saturated carbocycles. The Labute approximate surface area is 100 Å². The number of aryl methyl sites for hydroxylation is 1. The summed E-state index contributed by atoms with van der Waals surface area (Å²) in [5.74, 6) is 0. The van der Waals surface area contributed by atoms with Crippen molar-refractivity contribution in [3.05, 3.63) is 44.4 Å². The second kappa shape index (κ2) is 3.34. The quantitative estimate of drug-likeness (QED) is 0.647. The minimum absolute atomic E-state index is 0.0719. The Balaban J connectivity index is 2.61. The van der Waals surface area contributed by atoms with Crippen LogP contribution in [-0.2, 0) is 0 Å². The molecule has 0 amide bonds. The fraction of sp³-hybridized carbons (Fsp3) is 0.0833. The van der Waals surface area contributed by atoms with Gasteiger partial charge in [-0.15, -0.1) is 0 Å². The second-order valence-corrected chi connectivity index (χ2v) is 5.22. The number of H-pyrrole nitrogens is 1. The van der Waals surface area contributed by atoms with Crippen molar-refractivity contribution in [1.29, 1.82) is 0 Å². The zero-order chi connectivity index (χ0) is 11.3. The molecule has 0 bridgehead atoms. The molecule has 2 nitrogen and oxygen atoms in total. The van der Waals surface area contributed by atoms with Crippen molar-refractivity contribution in [1.82, 2.24) is 4.98 Å². The Morgan fingerprint density at radius 3 is 2.94 bits per heavy atom. The Morgan fingerprint density at radius 2 is 2.12 bits per heavy atom. The Bertz CT molecular complexity index is 757. The molecule has 0 saturated heterocycles. The molecule has 0 radical (unpaired) electrons. The van der Waals surface area contributed by atoms with Gasteiger partial charge >= 0.3 is 0 Å². The molecule has 2 heterocycles. The highest BCUT2D eigenvalue weighted by Gasteiger charge is 2.08. The van der Waals surface area contributed by atoms with E-state index in [1.165, 1.54) is 11.3 Å². The van der Waals surface area contributed by atoms with Gasteiger partial charge in [-0.3, -0.25) is 4.79 Å². The van der Waals surface area contributed by atoms with Crippen LogP contribution in [0.3, 0.4) is 0 Å². The van der Waals surface area contributed by atoms with Gasteiger partial charge in [-0.05, 0) is 30.7 Å². The molecule has 1 N–H and O–H groups in total. The third-order valence-electron chi connectivity index (χ3n) is 2.66. The van der Waals surface area contributed by atoms with Crippen LogP contribution in [0.4, 0.5) is 0 Å². The molecular weight excluding hydrogens is 242 g/mol. The molecular formula is C12H8ClNOS. The van der Waals surface area contributed by atoms with Gasteiger partial charge in [0.25, 0.3) is 0 Å². The molecule has 0 spiro atoms. The van der Waals surface area contributed by atoms with Gasteiger partial charge < -0.3 is 4.98 Å². The van der Waals surface area contributed by atoms with Crippen LogP contribution in [0.5, 0.6) is 0 Å². The van der Waals surface area contributed by atoms with E-state index in [2.05, 4.69) is 4.98 Å². The lowest BCUT2D eigenvalue weighted by atomic mass is 10.1. The van der Waals surface area contributed by atoms with Gasteiger partial charge in [0.05, 0.1) is 0 Å². The van der Waals surface area contributed by atoms with E-state index < -0.39 is 0 Å². The number of aromatic amines is 1. The monoisotopic (exact) mass is 249 g/mol. The van der Waals surface area contributed by atoms with Crippen LogP contribution in [0.2, 0.25) is 5.02 Å². The fourth-order valence-corrected chi connectivity index (χ4v) is 3.14. The van der Waals surface area contributed by atoms with E-state index in [1.807, 2.05) is 25.1 Å². The predicted octanol–water partition coefficient (Wildman–Crippen LogP) is 3.70. The lowest BCUT2D eigenvalue weighted by Gasteiger charge is -1.94. The van der Waals surface area contributed by atoms with Crippen LogP contribution in [-0.4, -0.2) is 4.98 Å². The Morgan fingerprint density at radius 1 is 1.31 bits per heavy atom. The molecule has 4 heteroatoms. The van der Waals surface area contributed by atoms with Gasteiger partial charge in [-0.2, -0.15) is 0 Å². The predicted molar refractivity (Wildman–Crippen MR) is 69.7 cm³/mol. The molecule has 2 aromatic heterocycles. The number of rotatable bonds is 0. The summed E-state index contributed by atoms with van der Waals surface area (Å²) in [4.78, 5) is 15.6. The number of halogens is 1. The number of nitrogens with one attached hydrogen (secondary N) is 1. The van der Waals surface area contributed by atoms with Crippen molar-refractivity contribution < 1.29 is 0 Å². The molecule has 3 rings (SSSR count). The lowest BCUT2D eigenvalue weighted by Crippen LogP contribution is -1.91. The molecule has 0 aliphatic rings. The summed E-state index contributed by atoms with van der Waals surface area (Å²) in [7, 11) is 0. The van der Waals surface area contributed by atoms with Gasteiger partial charge in [0.1, 0.15) is 4.83 Å². The summed E-state index contributed by atoms with van der Waals surface area (Å²) in [6.45, 7) is 1.96. The van der Waals surface area contributed by atoms with E-state index in [1.54, 1.807) is 6.07 Å². The normalized spacial score (nSPS) is 11.4. The van der Waals surface area contributed by atoms with Crippen LogP contribution in [0, 0.1) is 6.92 Å². The zero-order valence-corrected chi connectivity index (χ0v) is 10.1. The van der Waals surface area contributed by atoms with Crippen molar-refractivity contribution in [2.24, 2.45) is 0 Å². The van der Waals surface area contributed by atoms with Gasteiger partial charge in [-0.25, -0.2) is 0 Å². The van der Waals surface area contributed by atoms with E-state index in [9.17, 15) is 4.79 Å². The van der Waals surface area contributed by atoms with E-state index in [4.69, 9.17) is 11.6 Å². The van der Waals surface area contributed by atoms with Gasteiger partial charge in [0.2, 0.25) is 4.74 Å². The maximum Gasteiger partial charge on any atom is 0.234 e. The SMILES string of the molecule is Cc1cc(=O)sc2[nH]c3cc(Cl)ccc3c12.